The fourth-order valence-electron chi connectivity index (χ4n) is 3.24. The number of halogens is 1. The summed E-state index contributed by atoms with van der Waals surface area (Å²) in [5, 5.41) is 2.77. The van der Waals surface area contributed by atoms with Gasteiger partial charge in [0.05, 0.1) is 17.9 Å². The van der Waals surface area contributed by atoms with Crippen LogP contribution in [-0.4, -0.2) is 35.2 Å². The Bertz CT molecular complexity index is 684. The summed E-state index contributed by atoms with van der Waals surface area (Å²) in [6.45, 7) is 2.09. The van der Waals surface area contributed by atoms with Crippen LogP contribution < -0.4 is 5.32 Å². The fourth-order valence-corrected chi connectivity index (χ4v) is 3.24. The predicted octanol–water partition coefficient (Wildman–Crippen LogP) is 1.51. The molecule has 1 heterocycles. The van der Waals surface area contributed by atoms with E-state index in [1.165, 1.54) is 29.2 Å². The molecule has 120 valence electrons. The van der Waals surface area contributed by atoms with Gasteiger partial charge in [-0.1, -0.05) is 12.2 Å². The largest absolute Gasteiger partial charge is 0.345 e. The number of carbonyl (C=O) groups is 3. The number of hydrogen-bond donors (Lipinski definition) is 1. The zero-order valence-corrected chi connectivity index (χ0v) is 12.7. The molecule has 0 saturated carbocycles. The third-order valence-corrected chi connectivity index (χ3v) is 4.41. The number of fused-ring (bicyclic) bond motifs is 1. The summed E-state index contributed by atoms with van der Waals surface area (Å²) >= 11 is 0. The van der Waals surface area contributed by atoms with Crippen molar-refractivity contribution < 1.29 is 18.8 Å². The van der Waals surface area contributed by atoms with Crippen LogP contribution in [0.3, 0.4) is 0 Å². The quantitative estimate of drug-likeness (QED) is 0.679. The first-order chi connectivity index (χ1) is 11.0. The molecule has 3 atom stereocenters. The van der Waals surface area contributed by atoms with Crippen molar-refractivity contribution in [2.75, 3.05) is 6.54 Å². The second kappa shape index (κ2) is 5.95. The maximum Gasteiger partial charge on any atom is 0.251 e. The Morgan fingerprint density at radius 3 is 2.61 bits per heavy atom. The number of hydrogen-bond acceptors (Lipinski definition) is 3. The number of imide groups is 1. The van der Waals surface area contributed by atoms with E-state index in [0.29, 0.717) is 18.5 Å². The molecular weight excluding hydrogens is 299 g/mol. The molecule has 0 radical (unpaired) electrons. The maximum atomic E-state index is 12.9. The Morgan fingerprint density at radius 1 is 1.26 bits per heavy atom. The van der Waals surface area contributed by atoms with E-state index in [-0.39, 0.29) is 11.8 Å². The molecule has 1 aromatic rings. The summed E-state index contributed by atoms with van der Waals surface area (Å²) in [5.74, 6) is -2.20. The predicted molar refractivity (Wildman–Crippen MR) is 80.8 cm³/mol. The van der Waals surface area contributed by atoms with Gasteiger partial charge < -0.3 is 5.32 Å². The molecule has 6 heteroatoms. The fraction of sp³-hybridized carbons (Fsp3) is 0.353. The highest BCUT2D eigenvalue weighted by Gasteiger charge is 2.50. The van der Waals surface area contributed by atoms with E-state index < -0.39 is 29.6 Å². The molecule has 3 amide bonds. The molecular formula is C17H17FN2O3. The molecule has 1 aromatic carbocycles. The van der Waals surface area contributed by atoms with Gasteiger partial charge in [-0.3, -0.25) is 19.3 Å². The van der Waals surface area contributed by atoms with E-state index in [9.17, 15) is 18.8 Å². The highest BCUT2D eigenvalue weighted by molar-refractivity contribution is 6.06. The molecule has 5 nitrogen and oxygen atoms in total. The van der Waals surface area contributed by atoms with Gasteiger partial charge in [0, 0.05) is 12.1 Å². The number of allylic oxidation sites excluding steroid dienone is 1. The van der Waals surface area contributed by atoms with Crippen LogP contribution in [0.5, 0.6) is 0 Å². The molecule has 1 aliphatic heterocycles. The van der Waals surface area contributed by atoms with Crippen molar-refractivity contribution in [3.8, 4) is 0 Å². The van der Waals surface area contributed by atoms with E-state index in [0.717, 1.165) is 0 Å². The van der Waals surface area contributed by atoms with Gasteiger partial charge in [-0.05, 0) is 37.6 Å². The van der Waals surface area contributed by atoms with E-state index >= 15 is 0 Å². The number of rotatable bonds is 3. The molecule has 23 heavy (non-hydrogen) atoms. The van der Waals surface area contributed by atoms with Crippen molar-refractivity contribution in [2.45, 2.75) is 19.4 Å². The standard InChI is InChI=1S/C17H17FN2O3/c1-2-20-16(22)12-4-3-5-13(14(12)17(20)23)19-15(21)10-6-8-11(18)9-7-10/h3,5-9,12-14H,2,4H2,1H3,(H,19,21). The molecule has 0 aromatic heterocycles. The van der Waals surface area contributed by atoms with E-state index in [2.05, 4.69) is 5.32 Å². The van der Waals surface area contributed by atoms with Crippen molar-refractivity contribution in [3.63, 3.8) is 0 Å². The molecule has 3 rings (SSSR count). The molecule has 0 spiro atoms. The van der Waals surface area contributed by atoms with Gasteiger partial charge in [0.15, 0.2) is 0 Å². The van der Waals surface area contributed by atoms with Crippen molar-refractivity contribution in [3.05, 3.63) is 47.8 Å². The van der Waals surface area contributed by atoms with Crippen molar-refractivity contribution in [1.29, 1.82) is 0 Å². The van der Waals surface area contributed by atoms with Crippen LogP contribution in [0.25, 0.3) is 0 Å². The average Bonchev–Trinajstić information content (AvgIpc) is 2.79. The van der Waals surface area contributed by atoms with Crippen LogP contribution in [0.4, 0.5) is 4.39 Å². The Hall–Kier alpha value is -2.50. The van der Waals surface area contributed by atoms with Gasteiger partial charge in [0.1, 0.15) is 5.82 Å². The summed E-state index contributed by atoms with van der Waals surface area (Å²) < 4.78 is 12.9. The van der Waals surface area contributed by atoms with Crippen LogP contribution in [0.2, 0.25) is 0 Å². The first-order valence-corrected chi connectivity index (χ1v) is 7.61. The molecule has 1 aliphatic carbocycles. The summed E-state index contributed by atoms with van der Waals surface area (Å²) in [6.07, 6.45) is 4.09. The lowest BCUT2D eigenvalue weighted by Crippen LogP contribution is -2.45. The molecule has 2 aliphatic rings. The van der Waals surface area contributed by atoms with Crippen LogP contribution in [0.1, 0.15) is 23.7 Å². The molecule has 3 unspecified atom stereocenters. The van der Waals surface area contributed by atoms with Gasteiger partial charge in [-0.25, -0.2) is 4.39 Å². The van der Waals surface area contributed by atoms with Gasteiger partial charge in [0.2, 0.25) is 11.8 Å². The molecule has 1 fully saturated rings. The van der Waals surface area contributed by atoms with Crippen molar-refractivity contribution in [2.24, 2.45) is 11.8 Å². The Morgan fingerprint density at radius 2 is 1.96 bits per heavy atom. The first kappa shape index (κ1) is 15.4. The van der Waals surface area contributed by atoms with Crippen molar-refractivity contribution >= 4 is 17.7 Å². The van der Waals surface area contributed by atoms with Gasteiger partial charge in [0.25, 0.3) is 5.91 Å². The highest BCUT2D eigenvalue weighted by Crippen LogP contribution is 2.35. The Kier molecular flexibility index (Phi) is 3.98. The van der Waals surface area contributed by atoms with Crippen LogP contribution in [-0.2, 0) is 9.59 Å². The zero-order valence-electron chi connectivity index (χ0n) is 12.7. The number of nitrogens with zero attached hydrogens (tertiary/aromatic N) is 1. The van der Waals surface area contributed by atoms with E-state index in [1.807, 2.05) is 6.08 Å². The van der Waals surface area contributed by atoms with E-state index in [1.54, 1.807) is 13.0 Å². The summed E-state index contributed by atoms with van der Waals surface area (Å²) in [5.41, 5.74) is 0.311. The minimum atomic E-state index is -0.558. The SMILES string of the molecule is CCN1C(=O)C2CC=CC(NC(=O)c3ccc(F)cc3)C2C1=O. The monoisotopic (exact) mass is 316 g/mol. The molecule has 1 N–H and O–H groups in total. The minimum Gasteiger partial charge on any atom is -0.345 e. The average molecular weight is 316 g/mol. The topological polar surface area (TPSA) is 66.5 Å². The number of nitrogens with one attached hydrogen (secondary N) is 1. The number of benzene rings is 1. The number of carbonyl (C=O) groups excluding carboxylic acids is 3. The normalized spacial score (nSPS) is 26.3. The number of likely N-dealkylation sites (tertiary alicyclic amines) is 1. The smallest absolute Gasteiger partial charge is 0.251 e. The highest BCUT2D eigenvalue weighted by atomic mass is 19.1. The third-order valence-electron chi connectivity index (χ3n) is 4.41. The van der Waals surface area contributed by atoms with E-state index in [4.69, 9.17) is 0 Å². The lowest BCUT2D eigenvalue weighted by molar-refractivity contribution is -0.139. The summed E-state index contributed by atoms with van der Waals surface area (Å²) in [4.78, 5) is 38.2. The minimum absolute atomic E-state index is 0.173. The second-order valence-electron chi connectivity index (χ2n) is 5.72. The van der Waals surface area contributed by atoms with Crippen molar-refractivity contribution in [1.82, 2.24) is 10.2 Å². The number of amides is 3. The maximum absolute atomic E-state index is 12.9. The Labute approximate surface area is 133 Å². The zero-order chi connectivity index (χ0) is 16.6. The van der Waals surface area contributed by atoms with Gasteiger partial charge in [-0.15, -0.1) is 0 Å². The van der Waals surface area contributed by atoms with Gasteiger partial charge >= 0.3 is 0 Å². The van der Waals surface area contributed by atoms with Crippen LogP contribution >= 0.6 is 0 Å². The van der Waals surface area contributed by atoms with Gasteiger partial charge in [-0.2, -0.15) is 0 Å². The lowest BCUT2D eigenvalue weighted by Gasteiger charge is -2.27. The van der Waals surface area contributed by atoms with Crippen LogP contribution in [0.15, 0.2) is 36.4 Å². The molecule has 0 bridgehead atoms. The van der Waals surface area contributed by atoms with Crippen LogP contribution in [0, 0.1) is 17.7 Å². The third kappa shape index (κ3) is 2.65. The lowest BCUT2D eigenvalue weighted by atomic mass is 9.81. The first-order valence-electron chi connectivity index (χ1n) is 7.61. The Balaban J connectivity index is 1.80. The molecule has 1 saturated heterocycles. The summed E-state index contributed by atoms with van der Waals surface area (Å²) in [6, 6.07) is 4.65. The second-order valence-corrected chi connectivity index (χ2v) is 5.72. The summed E-state index contributed by atoms with van der Waals surface area (Å²) in [7, 11) is 0.